The summed E-state index contributed by atoms with van der Waals surface area (Å²) >= 11 is 3.55. The number of esters is 2. The van der Waals surface area contributed by atoms with Crippen molar-refractivity contribution in [2.24, 2.45) is 0 Å². The minimum atomic E-state index is -0.744. The Hall–Kier alpha value is -3.46. The predicted octanol–water partition coefficient (Wildman–Crippen LogP) is 5.36. The number of ether oxygens (including phenoxy) is 5. The molecule has 0 aliphatic carbocycles. The van der Waals surface area contributed by atoms with Gasteiger partial charge in [0.15, 0.2) is 11.5 Å². The van der Waals surface area contributed by atoms with Crippen LogP contribution < -0.4 is 14.2 Å². The van der Waals surface area contributed by atoms with Gasteiger partial charge in [-0.25, -0.2) is 9.59 Å². The Morgan fingerprint density at radius 1 is 0.865 bits per heavy atom. The van der Waals surface area contributed by atoms with Gasteiger partial charge in [0.05, 0.1) is 55.6 Å². The molecular weight excluding hydrogens is 542 g/mol. The second-order valence-corrected chi connectivity index (χ2v) is 8.88. The van der Waals surface area contributed by atoms with Crippen molar-refractivity contribution in [2.45, 2.75) is 33.2 Å². The van der Waals surface area contributed by atoms with Crippen LogP contribution in [0, 0.1) is 0 Å². The van der Waals surface area contributed by atoms with Crippen LogP contribution in [0.4, 0.5) is 0 Å². The number of nitrogens with zero attached hydrogens (tertiary/aromatic N) is 1. The fourth-order valence-electron chi connectivity index (χ4n) is 4.06. The molecule has 2 aromatic carbocycles. The number of hydrogen-bond acceptors (Lipinski definition) is 8. The Bertz CT molecular complexity index is 1140. The molecule has 0 saturated carbocycles. The summed E-state index contributed by atoms with van der Waals surface area (Å²) in [6.45, 7) is 6.60. The van der Waals surface area contributed by atoms with E-state index in [-0.39, 0.29) is 13.2 Å². The number of halogens is 1. The zero-order chi connectivity index (χ0) is 26.9. The molecule has 0 amide bonds. The monoisotopic (exact) mass is 573 g/mol. The van der Waals surface area contributed by atoms with Crippen LogP contribution in [0.1, 0.15) is 37.8 Å². The lowest BCUT2D eigenvalue weighted by Gasteiger charge is -2.31. The first-order valence-electron chi connectivity index (χ1n) is 12.0. The first-order valence-corrected chi connectivity index (χ1v) is 12.8. The van der Waals surface area contributed by atoms with Crippen LogP contribution in [0.2, 0.25) is 0 Å². The highest BCUT2D eigenvalue weighted by atomic mass is 79.9. The molecule has 0 spiro atoms. The Balaban J connectivity index is 2.13. The van der Waals surface area contributed by atoms with Crippen LogP contribution in [0.15, 0.2) is 64.4 Å². The summed E-state index contributed by atoms with van der Waals surface area (Å²) in [4.78, 5) is 28.2. The van der Waals surface area contributed by atoms with Gasteiger partial charge in [-0.3, -0.25) is 0 Å². The molecule has 0 atom stereocenters. The van der Waals surface area contributed by atoms with Crippen molar-refractivity contribution in [1.82, 2.24) is 4.90 Å². The first kappa shape index (κ1) is 28.1. The van der Waals surface area contributed by atoms with Crippen LogP contribution in [0.3, 0.4) is 0 Å². The molecule has 0 radical (unpaired) electrons. The molecule has 0 unspecified atom stereocenters. The average molecular weight is 574 g/mol. The third-order valence-electron chi connectivity index (χ3n) is 5.65. The number of rotatable bonds is 11. The minimum Gasteiger partial charge on any atom is -0.497 e. The molecule has 1 aliphatic rings. The molecule has 0 fully saturated rings. The summed E-state index contributed by atoms with van der Waals surface area (Å²) in [5, 5.41) is 0. The third kappa shape index (κ3) is 6.65. The highest BCUT2D eigenvalue weighted by Crippen LogP contribution is 2.44. The SMILES string of the molecule is CCOC(=O)C1=CN(Cc2ccc(OC)cc2)C=C(C(=O)OCC)C1c1cc(Br)c(OCC)c(OC)c1. The summed E-state index contributed by atoms with van der Waals surface area (Å²) in [5.41, 5.74) is 2.22. The van der Waals surface area contributed by atoms with E-state index in [1.54, 1.807) is 44.3 Å². The summed E-state index contributed by atoms with van der Waals surface area (Å²) in [6, 6.07) is 11.1. The van der Waals surface area contributed by atoms with Gasteiger partial charge < -0.3 is 28.6 Å². The van der Waals surface area contributed by atoms with Gasteiger partial charge in [0.25, 0.3) is 0 Å². The van der Waals surface area contributed by atoms with E-state index in [9.17, 15) is 9.59 Å². The molecule has 0 N–H and O–H groups in total. The molecule has 3 rings (SSSR count). The Labute approximate surface area is 225 Å². The predicted molar refractivity (Wildman–Crippen MR) is 143 cm³/mol. The van der Waals surface area contributed by atoms with E-state index in [2.05, 4.69) is 15.9 Å². The van der Waals surface area contributed by atoms with E-state index >= 15 is 0 Å². The second-order valence-electron chi connectivity index (χ2n) is 8.03. The van der Waals surface area contributed by atoms with Gasteiger partial charge in [-0.15, -0.1) is 0 Å². The lowest BCUT2D eigenvalue weighted by molar-refractivity contribution is -0.139. The second kappa shape index (κ2) is 13.2. The fourth-order valence-corrected chi connectivity index (χ4v) is 4.64. The molecule has 8 nitrogen and oxygen atoms in total. The van der Waals surface area contributed by atoms with Gasteiger partial charge in [0.2, 0.25) is 0 Å². The quantitative estimate of drug-likeness (QED) is 0.332. The number of methoxy groups -OCH3 is 2. The summed E-state index contributed by atoms with van der Waals surface area (Å²) in [5.74, 6) is -0.0429. The summed E-state index contributed by atoms with van der Waals surface area (Å²) in [6.07, 6.45) is 3.43. The van der Waals surface area contributed by atoms with E-state index in [0.29, 0.717) is 45.8 Å². The largest absolute Gasteiger partial charge is 0.497 e. The van der Waals surface area contributed by atoms with Gasteiger partial charge in [-0.1, -0.05) is 12.1 Å². The number of carbonyl (C=O) groups is 2. The molecule has 198 valence electrons. The van der Waals surface area contributed by atoms with Crippen molar-refractivity contribution >= 4 is 27.9 Å². The molecule has 9 heteroatoms. The van der Waals surface area contributed by atoms with Gasteiger partial charge >= 0.3 is 11.9 Å². The van der Waals surface area contributed by atoms with Crippen LogP contribution in [0.5, 0.6) is 17.2 Å². The van der Waals surface area contributed by atoms with Gasteiger partial charge in [0, 0.05) is 18.9 Å². The molecule has 0 aromatic heterocycles. The smallest absolute Gasteiger partial charge is 0.336 e. The van der Waals surface area contributed by atoms with Gasteiger partial charge in [-0.05, 0) is 72.1 Å². The van der Waals surface area contributed by atoms with E-state index in [1.165, 1.54) is 7.11 Å². The van der Waals surface area contributed by atoms with Crippen LogP contribution >= 0.6 is 15.9 Å². The Morgan fingerprint density at radius 3 is 1.95 bits per heavy atom. The van der Waals surface area contributed by atoms with Crippen LogP contribution in [0.25, 0.3) is 0 Å². The minimum absolute atomic E-state index is 0.191. The van der Waals surface area contributed by atoms with Crippen molar-refractivity contribution in [2.75, 3.05) is 34.0 Å². The van der Waals surface area contributed by atoms with Crippen molar-refractivity contribution in [1.29, 1.82) is 0 Å². The standard InChI is InChI=1S/C28H32BrNO7/c1-6-35-26-23(29)13-19(14-24(26)34-5)25-21(27(31)36-7-2)16-30(17-22(25)28(32)37-8-3)15-18-9-11-20(33-4)12-10-18/h9-14,16-17,25H,6-8,15H2,1-5H3. The van der Waals surface area contributed by atoms with Crippen LogP contribution in [-0.4, -0.2) is 50.9 Å². The average Bonchev–Trinajstić information content (AvgIpc) is 2.90. The maximum Gasteiger partial charge on any atom is 0.336 e. The van der Waals surface area contributed by atoms with E-state index in [1.807, 2.05) is 37.3 Å². The van der Waals surface area contributed by atoms with E-state index < -0.39 is 17.9 Å². The van der Waals surface area contributed by atoms with Crippen molar-refractivity contribution in [3.05, 3.63) is 75.5 Å². The van der Waals surface area contributed by atoms with Crippen LogP contribution in [-0.2, 0) is 25.6 Å². The fraction of sp³-hybridized carbons (Fsp3) is 0.357. The van der Waals surface area contributed by atoms with Crippen molar-refractivity contribution < 1.29 is 33.3 Å². The molecule has 2 aromatic rings. The zero-order valence-corrected chi connectivity index (χ0v) is 23.3. The highest BCUT2D eigenvalue weighted by molar-refractivity contribution is 9.10. The number of carbonyl (C=O) groups excluding carboxylic acids is 2. The number of benzene rings is 2. The van der Waals surface area contributed by atoms with E-state index in [4.69, 9.17) is 23.7 Å². The summed E-state index contributed by atoms with van der Waals surface area (Å²) in [7, 11) is 3.15. The maximum atomic E-state index is 13.2. The van der Waals surface area contributed by atoms with Gasteiger partial charge in [-0.2, -0.15) is 0 Å². The number of hydrogen-bond donors (Lipinski definition) is 0. The van der Waals surface area contributed by atoms with Crippen molar-refractivity contribution in [3.63, 3.8) is 0 Å². The van der Waals surface area contributed by atoms with Gasteiger partial charge in [0.1, 0.15) is 5.75 Å². The molecule has 1 aliphatic heterocycles. The molecule has 0 bridgehead atoms. The zero-order valence-electron chi connectivity index (χ0n) is 21.7. The molecule has 37 heavy (non-hydrogen) atoms. The highest BCUT2D eigenvalue weighted by Gasteiger charge is 2.36. The molecule has 1 heterocycles. The first-order chi connectivity index (χ1) is 17.9. The third-order valence-corrected chi connectivity index (χ3v) is 6.24. The van der Waals surface area contributed by atoms with Crippen molar-refractivity contribution in [3.8, 4) is 17.2 Å². The lowest BCUT2D eigenvalue weighted by Crippen LogP contribution is -2.29. The topological polar surface area (TPSA) is 83.5 Å². The Kier molecular flexibility index (Phi) is 10.0. The molecule has 0 saturated heterocycles. The maximum absolute atomic E-state index is 13.2. The lowest BCUT2D eigenvalue weighted by atomic mass is 9.83. The Morgan fingerprint density at radius 2 is 1.46 bits per heavy atom. The summed E-state index contributed by atoms with van der Waals surface area (Å²) < 4.78 is 28.0. The molecular formula is C28H32BrNO7. The van der Waals surface area contributed by atoms with E-state index in [0.717, 1.165) is 11.3 Å². The normalized spacial score (nSPS) is 13.4.